The lowest BCUT2D eigenvalue weighted by molar-refractivity contribution is -0.135. The number of aromatic nitrogens is 6. The first kappa shape index (κ1) is 25.2. The van der Waals surface area contributed by atoms with Gasteiger partial charge in [-0.25, -0.2) is 32.2 Å². The standard InChI is InChI=1S/C24H23F4N9O/c1-13-5-19(35-34-13)32-18-6-16(22(26)27)7-21(33-18)36-11-24(28,12-36)23(38)31-14(2)15-3-4-20(29-8-15)37-10-17(25)9-30-37/h3-10,14,22H,11-12H2,1-2H3,(H,31,38)(H2,32,33,34,35)/t14-/m0/s1. The van der Waals surface area contributed by atoms with Crippen molar-refractivity contribution in [3.8, 4) is 5.82 Å². The third-order valence-corrected chi connectivity index (χ3v) is 6.07. The highest BCUT2D eigenvalue weighted by atomic mass is 19.3. The largest absolute Gasteiger partial charge is 0.349 e. The minimum Gasteiger partial charge on any atom is -0.349 e. The average Bonchev–Trinajstić information content (AvgIpc) is 3.49. The van der Waals surface area contributed by atoms with Crippen LogP contribution in [0.3, 0.4) is 0 Å². The monoisotopic (exact) mass is 529 g/mol. The predicted molar refractivity (Wildman–Crippen MR) is 130 cm³/mol. The number of nitrogens with one attached hydrogen (secondary N) is 3. The zero-order valence-corrected chi connectivity index (χ0v) is 20.3. The van der Waals surface area contributed by atoms with Crippen LogP contribution in [0, 0.1) is 12.7 Å². The van der Waals surface area contributed by atoms with Crippen LogP contribution in [0.1, 0.15) is 36.2 Å². The van der Waals surface area contributed by atoms with E-state index in [2.05, 4.69) is 35.9 Å². The van der Waals surface area contributed by atoms with Crippen LogP contribution in [0.2, 0.25) is 0 Å². The van der Waals surface area contributed by atoms with Crippen molar-refractivity contribution < 1.29 is 22.4 Å². The van der Waals surface area contributed by atoms with Gasteiger partial charge in [0.05, 0.1) is 31.5 Å². The quantitative estimate of drug-likeness (QED) is 0.296. The van der Waals surface area contributed by atoms with Crippen LogP contribution in [-0.4, -0.2) is 54.6 Å². The van der Waals surface area contributed by atoms with Gasteiger partial charge in [0.25, 0.3) is 12.3 Å². The number of hydrogen-bond acceptors (Lipinski definition) is 7. The van der Waals surface area contributed by atoms with E-state index in [0.717, 1.165) is 11.9 Å². The van der Waals surface area contributed by atoms with Gasteiger partial charge in [-0.1, -0.05) is 6.07 Å². The highest BCUT2D eigenvalue weighted by molar-refractivity contribution is 5.89. The maximum absolute atomic E-state index is 15.4. The molecule has 0 radical (unpaired) electrons. The summed E-state index contributed by atoms with van der Waals surface area (Å²) in [6, 6.07) is 6.73. The number of nitrogens with zero attached hydrogens (tertiary/aromatic N) is 6. The normalized spacial score (nSPS) is 15.3. The van der Waals surface area contributed by atoms with Crippen molar-refractivity contribution in [2.75, 3.05) is 23.3 Å². The van der Waals surface area contributed by atoms with Gasteiger partial charge in [0.2, 0.25) is 5.67 Å². The molecule has 10 nitrogen and oxygen atoms in total. The molecule has 1 aliphatic heterocycles. The second kappa shape index (κ2) is 9.76. The fraction of sp³-hybridized carbons (Fsp3) is 0.292. The van der Waals surface area contributed by atoms with Crippen LogP contribution in [0.15, 0.2) is 48.9 Å². The fourth-order valence-electron chi connectivity index (χ4n) is 3.99. The third-order valence-electron chi connectivity index (χ3n) is 6.07. The van der Waals surface area contributed by atoms with Crippen molar-refractivity contribution in [1.29, 1.82) is 0 Å². The van der Waals surface area contributed by atoms with E-state index in [9.17, 15) is 18.0 Å². The number of anilines is 3. The summed E-state index contributed by atoms with van der Waals surface area (Å²) in [7, 11) is 0. The number of carbonyl (C=O) groups excluding carboxylic acids is 1. The van der Waals surface area contributed by atoms with E-state index >= 15 is 4.39 Å². The molecule has 4 aromatic heterocycles. The Balaban J connectivity index is 1.23. The molecule has 38 heavy (non-hydrogen) atoms. The predicted octanol–water partition coefficient (Wildman–Crippen LogP) is 3.92. The Labute approximate surface area is 214 Å². The topological polar surface area (TPSA) is 117 Å². The fourth-order valence-corrected chi connectivity index (χ4v) is 3.99. The summed E-state index contributed by atoms with van der Waals surface area (Å²) in [6.07, 6.45) is 0.932. The number of aryl methyl sites for hydroxylation is 1. The Morgan fingerprint density at radius 2 is 1.89 bits per heavy atom. The van der Waals surface area contributed by atoms with Gasteiger partial charge in [-0.3, -0.25) is 9.89 Å². The first-order valence-corrected chi connectivity index (χ1v) is 11.6. The Hall–Kier alpha value is -4.49. The molecule has 1 fully saturated rings. The van der Waals surface area contributed by atoms with Gasteiger partial charge >= 0.3 is 0 Å². The summed E-state index contributed by atoms with van der Waals surface area (Å²) in [4.78, 5) is 22.6. The number of H-pyrrole nitrogens is 1. The molecule has 1 saturated heterocycles. The molecule has 3 N–H and O–H groups in total. The number of rotatable bonds is 8. The lowest BCUT2D eigenvalue weighted by Crippen LogP contribution is -2.66. The molecular formula is C24H23F4N9O. The smallest absolute Gasteiger partial charge is 0.264 e. The van der Waals surface area contributed by atoms with Crippen molar-refractivity contribution in [2.45, 2.75) is 32.0 Å². The third kappa shape index (κ3) is 5.14. The Morgan fingerprint density at radius 1 is 1.11 bits per heavy atom. The minimum absolute atomic E-state index is 0.113. The molecule has 0 saturated carbocycles. The summed E-state index contributed by atoms with van der Waals surface area (Å²) in [5.74, 6) is -0.342. The summed E-state index contributed by atoms with van der Waals surface area (Å²) < 4.78 is 56.8. The highest BCUT2D eigenvalue weighted by Gasteiger charge is 2.51. The average molecular weight is 530 g/mol. The van der Waals surface area contributed by atoms with Crippen LogP contribution >= 0.6 is 0 Å². The number of pyridine rings is 2. The summed E-state index contributed by atoms with van der Waals surface area (Å²) in [6.45, 7) is 2.75. The maximum atomic E-state index is 15.4. The molecule has 5 rings (SSSR count). The Bertz CT molecular complexity index is 1450. The van der Waals surface area contributed by atoms with E-state index in [0.29, 0.717) is 17.2 Å². The number of alkyl halides is 3. The zero-order chi connectivity index (χ0) is 27.0. The van der Waals surface area contributed by atoms with Crippen molar-refractivity contribution in [3.63, 3.8) is 0 Å². The number of halogens is 4. The van der Waals surface area contributed by atoms with Gasteiger partial charge in [0, 0.05) is 23.5 Å². The van der Waals surface area contributed by atoms with Crippen molar-refractivity contribution >= 4 is 23.4 Å². The molecule has 5 heterocycles. The van der Waals surface area contributed by atoms with Crippen molar-refractivity contribution in [2.24, 2.45) is 0 Å². The number of hydrogen-bond donors (Lipinski definition) is 3. The number of aromatic amines is 1. The molecular weight excluding hydrogens is 506 g/mol. The molecule has 14 heteroatoms. The van der Waals surface area contributed by atoms with E-state index in [-0.39, 0.29) is 30.3 Å². The summed E-state index contributed by atoms with van der Waals surface area (Å²) >= 11 is 0. The number of amides is 1. The van der Waals surface area contributed by atoms with E-state index in [1.807, 2.05) is 0 Å². The van der Waals surface area contributed by atoms with E-state index in [1.165, 1.54) is 34.1 Å². The molecule has 0 spiro atoms. The van der Waals surface area contributed by atoms with Crippen LogP contribution in [0.25, 0.3) is 5.82 Å². The zero-order valence-electron chi connectivity index (χ0n) is 20.3. The molecule has 4 aromatic rings. The first-order valence-electron chi connectivity index (χ1n) is 11.6. The lowest BCUT2D eigenvalue weighted by Gasteiger charge is -2.44. The molecule has 1 aliphatic rings. The minimum atomic E-state index is -2.77. The van der Waals surface area contributed by atoms with Gasteiger partial charge in [-0.15, -0.1) is 0 Å². The Kier molecular flexibility index (Phi) is 6.46. The second-order valence-corrected chi connectivity index (χ2v) is 9.08. The van der Waals surface area contributed by atoms with E-state index in [1.54, 1.807) is 32.0 Å². The lowest BCUT2D eigenvalue weighted by atomic mass is 9.94. The van der Waals surface area contributed by atoms with Crippen LogP contribution in [-0.2, 0) is 4.79 Å². The van der Waals surface area contributed by atoms with E-state index in [4.69, 9.17) is 0 Å². The second-order valence-electron chi connectivity index (χ2n) is 9.08. The van der Waals surface area contributed by atoms with Crippen molar-refractivity contribution in [1.82, 2.24) is 35.3 Å². The molecule has 0 bridgehead atoms. The van der Waals surface area contributed by atoms with Crippen LogP contribution < -0.4 is 15.5 Å². The van der Waals surface area contributed by atoms with Crippen LogP contribution in [0.4, 0.5) is 35.0 Å². The summed E-state index contributed by atoms with van der Waals surface area (Å²) in [5, 5.41) is 16.0. The molecule has 0 unspecified atom stereocenters. The van der Waals surface area contributed by atoms with Crippen LogP contribution in [0.5, 0.6) is 0 Å². The van der Waals surface area contributed by atoms with Crippen molar-refractivity contribution in [3.05, 3.63) is 71.6 Å². The van der Waals surface area contributed by atoms with Gasteiger partial charge in [-0.2, -0.15) is 10.2 Å². The molecule has 1 atom stereocenters. The maximum Gasteiger partial charge on any atom is 0.264 e. The van der Waals surface area contributed by atoms with Gasteiger partial charge in [0.1, 0.15) is 11.6 Å². The molecule has 1 amide bonds. The Morgan fingerprint density at radius 3 is 2.50 bits per heavy atom. The van der Waals surface area contributed by atoms with Gasteiger partial charge in [-0.05, 0) is 37.6 Å². The summed E-state index contributed by atoms with van der Waals surface area (Å²) in [5.41, 5.74) is -1.16. The van der Waals surface area contributed by atoms with E-state index < -0.39 is 29.9 Å². The van der Waals surface area contributed by atoms with Gasteiger partial charge in [0.15, 0.2) is 17.5 Å². The molecule has 0 aromatic carbocycles. The van der Waals surface area contributed by atoms with Gasteiger partial charge < -0.3 is 15.5 Å². The molecule has 0 aliphatic carbocycles. The first-order chi connectivity index (χ1) is 18.1. The molecule has 198 valence electrons. The highest BCUT2D eigenvalue weighted by Crippen LogP contribution is 2.34. The number of carbonyl (C=O) groups is 1. The SMILES string of the molecule is Cc1cc(Nc2cc(C(F)F)cc(N3CC(F)(C(=O)N[C@@H](C)c4ccc(-n5cc(F)cn5)nc4)C3)n2)n[nH]1.